The Bertz CT molecular complexity index is 857. The van der Waals surface area contributed by atoms with Crippen molar-refractivity contribution in [3.05, 3.63) is 39.4 Å². The van der Waals surface area contributed by atoms with Gasteiger partial charge in [0.05, 0.1) is 24.4 Å². The molecule has 0 radical (unpaired) electrons. The van der Waals surface area contributed by atoms with Gasteiger partial charge in [0.25, 0.3) is 0 Å². The molecule has 0 bridgehead atoms. The molecule has 114 valence electrons. The van der Waals surface area contributed by atoms with Crippen molar-refractivity contribution >= 4 is 0 Å². The third kappa shape index (κ3) is 1.74. The molecule has 7 heteroatoms. The number of aliphatic hydroxyl groups excluding tert-OH is 1. The SMILES string of the molecule is COc1c(-n2c(O)c3n(c2=O)CC[C@H]3O)ccc(C#N)c1C. The van der Waals surface area contributed by atoms with Gasteiger partial charge in [-0.1, -0.05) is 0 Å². The van der Waals surface area contributed by atoms with Gasteiger partial charge in [-0.05, 0) is 25.5 Å². The first-order chi connectivity index (χ1) is 10.5. The van der Waals surface area contributed by atoms with Crippen LogP contribution in [0.2, 0.25) is 0 Å². The number of nitrogens with zero attached hydrogens (tertiary/aromatic N) is 3. The highest BCUT2D eigenvalue weighted by molar-refractivity contribution is 5.59. The summed E-state index contributed by atoms with van der Waals surface area (Å²) in [5, 5.41) is 29.3. The highest BCUT2D eigenvalue weighted by atomic mass is 16.5. The minimum Gasteiger partial charge on any atom is -0.494 e. The topological polar surface area (TPSA) is 100 Å². The van der Waals surface area contributed by atoms with E-state index in [0.717, 1.165) is 4.57 Å². The van der Waals surface area contributed by atoms with Crippen LogP contribution in [0.5, 0.6) is 11.6 Å². The molecule has 7 nitrogen and oxygen atoms in total. The molecule has 0 fully saturated rings. The quantitative estimate of drug-likeness (QED) is 0.861. The van der Waals surface area contributed by atoms with Gasteiger partial charge in [0, 0.05) is 12.1 Å². The predicted octanol–water partition coefficient (Wildman–Crippen LogP) is 0.970. The van der Waals surface area contributed by atoms with Crippen molar-refractivity contribution in [2.75, 3.05) is 7.11 Å². The Morgan fingerprint density at radius 2 is 2.18 bits per heavy atom. The van der Waals surface area contributed by atoms with Crippen molar-refractivity contribution < 1.29 is 14.9 Å². The van der Waals surface area contributed by atoms with Crippen LogP contribution in [0.3, 0.4) is 0 Å². The number of hydrogen-bond donors (Lipinski definition) is 2. The van der Waals surface area contributed by atoms with Crippen LogP contribution in [0.25, 0.3) is 5.69 Å². The lowest BCUT2D eigenvalue weighted by Crippen LogP contribution is -2.23. The van der Waals surface area contributed by atoms with E-state index in [4.69, 9.17) is 10.00 Å². The third-order valence-corrected chi connectivity index (χ3v) is 4.05. The van der Waals surface area contributed by atoms with E-state index in [-0.39, 0.29) is 11.6 Å². The largest absolute Gasteiger partial charge is 0.494 e. The molecule has 2 heterocycles. The van der Waals surface area contributed by atoms with Gasteiger partial charge in [-0.2, -0.15) is 5.26 Å². The van der Waals surface area contributed by atoms with Crippen molar-refractivity contribution in [1.29, 1.82) is 5.26 Å². The van der Waals surface area contributed by atoms with Crippen LogP contribution in [0.4, 0.5) is 0 Å². The van der Waals surface area contributed by atoms with E-state index in [1.54, 1.807) is 19.1 Å². The molecular weight excluding hydrogens is 286 g/mol. The number of fused-ring (bicyclic) bond motifs is 1. The van der Waals surface area contributed by atoms with E-state index in [1.165, 1.54) is 11.7 Å². The molecule has 0 saturated carbocycles. The fraction of sp³-hybridized carbons (Fsp3) is 0.333. The first-order valence-electron chi connectivity index (χ1n) is 6.81. The first kappa shape index (κ1) is 14.2. The van der Waals surface area contributed by atoms with Crippen LogP contribution >= 0.6 is 0 Å². The van der Waals surface area contributed by atoms with E-state index < -0.39 is 11.8 Å². The minimum absolute atomic E-state index is 0.217. The van der Waals surface area contributed by atoms with E-state index in [0.29, 0.717) is 35.5 Å². The summed E-state index contributed by atoms with van der Waals surface area (Å²) >= 11 is 0. The number of aromatic nitrogens is 2. The Kier molecular flexibility index (Phi) is 3.19. The van der Waals surface area contributed by atoms with Gasteiger partial charge >= 0.3 is 5.69 Å². The number of aromatic hydroxyl groups is 1. The molecule has 0 unspecified atom stereocenters. The fourth-order valence-electron chi connectivity index (χ4n) is 2.93. The van der Waals surface area contributed by atoms with Crippen molar-refractivity contribution in [3.63, 3.8) is 0 Å². The van der Waals surface area contributed by atoms with Gasteiger partial charge in [-0.15, -0.1) is 0 Å². The summed E-state index contributed by atoms with van der Waals surface area (Å²) in [5.41, 5.74) is 1.14. The summed E-state index contributed by atoms with van der Waals surface area (Å²) in [6.07, 6.45) is -0.456. The molecule has 0 saturated heterocycles. The van der Waals surface area contributed by atoms with E-state index in [9.17, 15) is 15.0 Å². The molecule has 3 rings (SSSR count). The van der Waals surface area contributed by atoms with E-state index >= 15 is 0 Å². The number of rotatable bonds is 2. The van der Waals surface area contributed by atoms with Gasteiger partial charge in [0.15, 0.2) is 0 Å². The molecule has 0 amide bonds. The molecule has 22 heavy (non-hydrogen) atoms. The number of hydrogen-bond acceptors (Lipinski definition) is 5. The first-order valence-corrected chi connectivity index (χ1v) is 6.81. The number of methoxy groups -OCH3 is 1. The van der Waals surface area contributed by atoms with Crippen LogP contribution < -0.4 is 10.4 Å². The number of benzene rings is 1. The van der Waals surface area contributed by atoms with Crippen LogP contribution in [0.1, 0.15) is 29.3 Å². The molecule has 1 aliphatic rings. The van der Waals surface area contributed by atoms with Gasteiger partial charge in [0.1, 0.15) is 17.5 Å². The van der Waals surface area contributed by atoms with Gasteiger partial charge in [0.2, 0.25) is 5.88 Å². The Morgan fingerprint density at radius 3 is 2.77 bits per heavy atom. The monoisotopic (exact) mass is 301 g/mol. The lowest BCUT2D eigenvalue weighted by atomic mass is 10.1. The molecule has 1 aliphatic heterocycles. The maximum atomic E-state index is 12.5. The molecule has 2 N–H and O–H groups in total. The standard InChI is InChI=1S/C15H15N3O4/c1-8-9(7-16)3-4-10(13(8)22-2)18-14(20)12-11(19)5-6-17(12)15(18)21/h3-4,11,19-20H,5-6H2,1-2H3/t11-/m1/s1. The van der Waals surface area contributed by atoms with Crippen molar-refractivity contribution in [2.45, 2.75) is 26.0 Å². The van der Waals surface area contributed by atoms with Crippen LogP contribution in [-0.4, -0.2) is 26.5 Å². The summed E-state index contributed by atoms with van der Waals surface area (Å²) in [6.45, 7) is 2.06. The van der Waals surface area contributed by atoms with Gasteiger partial charge < -0.3 is 14.9 Å². The summed E-state index contributed by atoms with van der Waals surface area (Å²) < 4.78 is 7.77. The van der Waals surface area contributed by atoms with Gasteiger partial charge in [-0.3, -0.25) is 4.57 Å². The zero-order valence-corrected chi connectivity index (χ0v) is 12.2. The second kappa shape index (κ2) is 4.93. The highest BCUT2D eigenvalue weighted by Gasteiger charge is 2.31. The van der Waals surface area contributed by atoms with Crippen LogP contribution in [0, 0.1) is 18.3 Å². The van der Waals surface area contributed by atoms with Crippen LogP contribution in [0.15, 0.2) is 16.9 Å². The van der Waals surface area contributed by atoms with Crippen molar-refractivity contribution in [3.8, 4) is 23.4 Å². The summed E-state index contributed by atoms with van der Waals surface area (Å²) in [5.74, 6) is 0.0487. The van der Waals surface area contributed by atoms with Crippen molar-refractivity contribution in [1.82, 2.24) is 9.13 Å². The lowest BCUT2D eigenvalue weighted by molar-refractivity contribution is 0.175. The Morgan fingerprint density at radius 1 is 1.45 bits per heavy atom. The van der Waals surface area contributed by atoms with Crippen LogP contribution in [-0.2, 0) is 6.54 Å². The molecule has 1 aromatic heterocycles. The Hall–Kier alpha value is -2.72. The molecule has 2 aromatic rings. The fourth-order valence-corrected chi connectivity index (χ4v) is 2.93. The Labute approximate surface area is 126 Å². The summed E-state index contributed by atoms with van der Waals surface area (Å²) in [6, 6.07) is 5.17. The van der Waals surface area contributed by atoms with Crippen molar-refractivity contribution in [2.24, 2.45) is 0 Å². The third-order valence-electron chi connectivity index (χ3n) is 4.05. The summed E-state index contributed by atoms with van der Waals surface area (Å²) in [4.78, 5) is 12.5. The minimum atomic E-state index is -0.862. The maximum absolute atomic E-state index is 12.5. The average Bonchev–Trinajstić information content (AvgIpc) is 2.99. The second-order valence-corrected chi connectivity index (χ2v) is 5.19. The molecule has 0 spiro atoms. The number of aliphatic hydroxyl groups is 1. The second-order valence-electron chi connectivity index (χ2n) is 5.19. The number of nitriles is 1. The molecule has 1 aromatic carbocycles. The Balaban J connectivity index is 2.31. The number of imidazole rings is 1. The smallest absolute Gasteiger partial charge is 0.336 e. The maximum Gasteiger partial charge on any atom is 0.336 e. The average molecular weight is 301 g/mol. The predicted molar refractivity (Wildman–Crippen MR) is 77.3 cm³/mol. The van der Waals surface area contributed by atoms with Gasteiger partial charge in [-0.25, -0.2) is 9.36 Å². The van der Waals surface area contributed by atoms with E-state index in [1.807, 2.05) is 6.07 Å². The summed E-state index contributed by atoms with van der Waals surface area (Å²) in [7, 11) is 1.44. The molecule has 1 atom stereocenters. The number of ether oxygens (including phenoxy) is 1. The zero-order valence-electron chi connectivity index (χ0n) is 12.2. The normalized spacial score (nSPS) is 16.4. The molecule has 0 aliphatic carbocycles. The highest BCUT2D eigenvalue weighted by Crippen LogP contribution is 2.36. The zero-order chi connectivity index (χ0) is 16.0. The van der Waals surface area contributed by atoms with E-state index in [2.05, 4.69) is 0 Å². The molecular formula is C15H15N3O4. The lowest BCUT2D eigenvalue weighted by Gasteiger charge is -2.13.